The first-order chi connectivity index (χ1) is 8.71. The van der Waals surface area contributed by atoms with Crippen molar-refractivity contribution in [2.24, 2.45) is 5.41 Å². The molecule has 0 saturated heterocycles. The number of carbonyl (C=O) groups is 1. The van der Waals surface area contributed by atoms with E-state index in [1.807, 2.05) is 7.05 Å². The zero-order valence-electron chi connectivity index (χ0n) is 12.5. The molecule has 1 aromatic carbocycles. The smallest absolute Gasteiger partial charge is 0.164 e. The number of ketones is 1. The van der Waals surface area contributed by atoms with Gasteiger partial charge in [-0.15, -0.1) is 0 Å². The summed E-state index contributed by atoms with van der Waals surface area (Å²) in [6.45, 7) is 9.40. The molecule has 0 N–H and O–H groups in total. The standard InChI is InChI=1S/C16H24FNO/c1-12(16(2,3)4)18(5)10-9-15(19)13-7-6-8-14(17)11-13/h6-8,11-12H,9-10H2,1-5H3. The van der Waals surface area contributed by atoms with Crippen molar-refractivity contribution in [3.63, 3.8) is 0 Å². The minimum atomic E-state index is -0.359. The van der Waals surface area contributed by atoms with Gasteiger partial charge in [-0.2, -0.15) is 0 Å². The summed E-state index contributed by atoms with van der Waals surface area (Å²) in [5, 5.41) is 0. The maximum atomic E-state index is 13.0. The third-order valence-electron chi connectivity index (χ3n) is 3.75. The molecule has 106 valence electrons. The fourth-order valence-electron chi connectivity index (χ4n) is 1.94. The maximum absolute atomic E-state index is 13.0. The molecule has 0 aromatic heterocycles. The number of Topliss-reactive ketones (excluding diaryl/α,β-unsaturated/α-hetero) is 1. The van der Waals surface area contributed by atoms with Crippen LogP contribution in [0, 0.1) is 11.2 Å². The van der Waals surface area contributed by atoms with Gasteiger partial charge in [-0.3, -0.25) is 4.79 Å². The van der Waals surface area contributed by atoms with Gasteiger partial charge in [0.05, 0.1) is 0 Å². The molecule has 0 fully saturated rings. The van der Waals surface area contributed by atoms with E-state index in [1.54, 1.807) is 12.1 Å². The Morgan fingerprint density at radius 3 is 2.53 bits per heavy atom. The molecule has 2 nitrogen and oxygen atoms in total. The van der Waals surface area contributed by atoms with Gasteiger partial charge in [0.25, 0.3) is 0 Å². The highest BCUT2D eigenvalue weighted by molar-refractivity contribution is 5.96. The lowest BCUT2D eigenvalue weighted by Gasteiger charge is -2.35. The van der Waals surface area contributed by atoms with Gasteiger partial charge in [0.1, 0.15) is 5.82 Å². The summed E-state index contributed by atoms with van der Waals surface area (Å²) in [5.41, 5.74) is 0.633. The highest BCUT2D eigenvalue weighted by Gasteiger charge is 2.24. The van der Waals surface area contributed by atoms with E-state index in [9.17, 15) is 9.18 Å². The van der Waals surface area contributed by atoms with E-state index in [-0.39, 0.29) is 17.0 Å². The van der Waals surface area contributed by atoms with Crippen molar-refractivity contribution in [3.8, 4) is 0 Å². The van der Waals surface area contributed by atoms with Gasteiger partial charge in [-0.1, -0.05) is 32.9 Å². The summed E-state index contributed by atoms with van der Waals surface area (Å²) in [7, 11) is 2.02. The average molecular weight is 265 g/mol. The van der Waals surface area contributed by atoms with Crippen LogP contribution in [0.3, 0.4) is 0 Å². The number of rotatable bonds is 5. The number of carbonyl (C=O) groups excluding carboxylic acids is 1. The van der Waals surface area contributed by atoms with Crippen LogP contribution in [-0.2, 0) is 0 Å². The lowest BCUT2D eigenvalue weighted by atomic mass is 9.87. The zero-order chi connectivity index (χ0) is 14.6. The van der Waals surface area contributed by atoms with Gasteiger partial charge >= 0.3 is 0 Å². The van der Waals surface area contributed by atoms with Gasteiger partial charge < -0.3 is 4.90 Å². The number of hydrogen-bond donors (Lipinski definition) is 0. The minimum Gasteiger partial charge on any atom is -0.303 e. The van der Waals surface area contributed by atoms with Crippen LogP contribution in [0.4, 0.5) is 4.39 Å². The molecule has 3 heteroatoms. The van der Waals surface area contributed by atoms with E-state index in [0.29, 0.717) is 24.6 Å². The number of hydrogen-bond acceptors (Lipinski definition) is 2. The molecule has 1 unspecified atom stereocenters. The van der Waals surface area contributed by atoms with Crippen LogP contribution < -0.4 is 0 Å². The molecule has 19 heavy (non-hydrogen) atoms. The van der Waals surface area contributed by atoms with Gasteiger partial charge in [0.15, 0.2) is 5.78 Å². The van der Waals surface area contributed by atoms with Crippen LogP contribution in [0.2, 0.25) is 0 Å². The Labute approximate surface area is 115 Å². The summed E-state index contributed by atoms with van der Waals surface area (Å²) in [5.74, 6) is -0.366. The molecule has 0 aliphatic heterocycles. The van der Waals surface area contributed by atoms with Gasteiger partial charge in [0, 0.05) is 24.6 Å². The largest absolute Gasteiger partial charge is 0.303 e. The Kier molecular flexibility index (Phi) is 5.24. The highest BCUT2D eigenvalue weighted by atomic mass is 19.1. The van der Waals surface area contributed by atoms with Gasteiger partial charge in [-0.25, -0.2) is 4.39 Å². The highest BCUT2D eigenvalue weighted by Crippen LogP contribution is 2.23. The molecule has 0 heterocycles. The zero-order valence-corrected chi connectivity index (χ0v) is 12.5. The predicted octanol–water partition coefficient (Wildman–Crippen LogP) is 3.76. The molecule has 0 bridgehead atoms. The SMILES string of the molecule is CC(N(C)CCC(=O)c1cccc(F)c1)C(C)(C)C. The first-order valence-corrected chi connectivity index (χ1v) is 6.71. The second-order valence-corrected chi connectivity index (χ2v) is 6.21. The van der Waals surface area contributed by atoms with Crippen molar-refractivity contribution in [3.05, 3.63) is 35.6 Å². The lowest BCUT2D eigenvalue weighted by molar-refractivity contribution is 0.0927. The Morgan fingerprint density at radius 2 is 2.00 bits per heavy atom. The molecule has 0 amide bonds. The van der Waals surface area contributed by atoms with E-state index in [4.69, 9.17) is 0 Å². The first-order valence-electron chi connectivity index (χ1n) is 6.71. The number of nitrogens with zero attached hydrogens (tertiary/aromatic N) is 1. The molecule has 1 aromatic rings. The molecular weight excluding hydrogens is 241 g/mol. The molecular formula is C16H24FNO. The quantitative estimate of drug-likeness (QED) is 0.755. The summed E-state index contributed by atoms with van der Waals surface area (Å²) in [6, 6.07) is 6.27. The fourth-order valence-corrected chi connectivity index (χ4v) is 1.94. The van der Waals surface area contributed by atoms with Crippen molar-refractivity contribution in [2.75, 3.05) is 13.6 Å². The third-order valence-corrected chi connectivity index (χ3v) is 3.75. The minimum absolute atomic E-state index is 0.00698. The van der Waals surface area contributed by atoms with E-state index in [0.717, 1.165) is 0 Å². The second-order valence-electron chi connectivity index (χ2n) is 6.21. The summed E-state index contributed by atoms with van der Waals surface area (Å²) in [4.78, 5) is 14.2. The Bertz CT molecular complexity index is 437. The molecule has 0 aliphatic carbocycles. The van der Waals surface area contributed by atoms with Crippen molar-refractivity contribution in [1.29, 1.82) is 0 Å². The van der Waals surface area contributed by atoms with E-state index in [2.05, 4.69) is 32.6 Å². The molecule has 0 saturated carbocycles. The monoisotopic (exact) mass is 265 g/mol. The number of halogens is 1. The molecule has 0 spiro atoms. The van der Waals surface area contributed by atoms with Crippen LogP contribution in [0.5, 0.6) is 0 Å². The Morgan fingerprint density at radius 1 is 1.37 bits per heavy atom. The first kappa shape index (κ1) is 15.8. The van der Waals surface area contributed by atoms with Crippen LogP contribution in [-0.4, -0.2) is 30.3 Å². The van der Waals surface area contributed by atoms with Gasteiger partial charge in [-0.05, 0) is 31.5 Å². The molecule has 0 aliphatic rings. The molecule has 1 rings (SSSR count). The van der Waals surface area contributed by atoms with Gasteiger partial charge in [0.2, 0.25) is 0 Å². The predicted molar refractivity (Wildman–Crippen MR) is 76.9 cm³/mol. The van der Waals surface area contributed by atoms with Crippen LogP contribution in [0.15, 0.2) is 24.3 Å². The van der Waals surface area contributed by atoms with E-state index >= 15 is 0 Å². The van der Waals surface area contributed by atoms with Crippen molar-refractivity contribution in [2.45, 2.75) is 40.2 Å². The summed E-state index contributed by atoms with van der Waals surface area (Å²) >= 11 is 0. The topological polar surface area (TPSA) is 20.3 Å². The van der Waals surface area contributed by atoms with Crippen molar-refractivity contribution < 1.29 is 9.18 Å². The van der Waals surface area contributed by atoms with Crippen LogP contribution in [0.25, 0.3) is 0 Å². The Hall–Kier alpha value is -1.22. The molecule has 1 atom stereocenters. The normalized spacial score (nSPS) is 13.6. The summed E-state index contributed by atoms with van der Waals surface area (Å²) in [6.07, 6.45) is 0.417. The maximum Gasteiger partial charge on any atom is 0.164 e. The molecule has 0 radical (unpaired) electrons. The lowest BCUT2D eigenvalue weighted by Crippen LogP contribution is -2.40. The third kappa shape index (κ3) is 4.75. The van der Waals surface area contributed by atoms with Crippen LogP contribution in [0.1, 0.15) is 44.5 Å². The van der Waals surface area contributed by atoms with E-state index < -0.39 is 0 Å². The Balaban J connectivity index is 2.55. The van der Waals surface area contributed by atoms with E-state index in [1.165, 1.54) is 12.1 Å². The number of benzene rings is 1. The average Bonchev–Trinajstić information content (AvgIpc) is 2.33. The van der Waals surface area contributed by atoms with Crippen LogP contribution >= 0.6 is 0 Å². The second kappa shape index (κ2) is 6.29. The van der Waals surface area contributed by atoms with Crippen molar-refractivity contribution >= 4 is 5.78 Å². The fraction of sp³-hybridized carbons (Fsp3) is 0.562. The van der Waals surface area contributed by atoms with Crippen molar-refractivity contribution in [1.82, 2.24) is 4.90 Å². The summed E-state index contributed by atoms with van der Waals surface area (Å²) < 4.78 is 13.0.